The van der Waals surface area contributed by atoms with Crippen molar-refractivity contribution in [3.8, 4) is 11.5 Å². The van der Waals surface area contributed by atoms with E-state index in [2.05, 4.69) is 18.3 Å². The average Bonchev–Trinajstić information content (AvgIpc) is 3.06. The number of amides is 1. The number of carbonyl (C=O) groups excluding carboxylic acids is 1. The lowest BCUT2D eigenvalue weighted by Gasteiger charge is -2.15. The lowest BCUT2D eigenvalue weighted by molar-refractivity contribution is -0.121. The number of hydrogen-bond acceptors (Lipinski definition) is 3. The zero-order chi connectivity index (χ0) is 14.1. The Bertz CT molecular complexity index is 507. The smallest absolute Gasteiger partial charge is 0.224 e. The molecule has 0 radical (unpaired) electrons. The Morgan fingerprint density at radius 1 is 1.35 bits per heavy atom. The molecule has 0 aliphatic carbocycles. The predicted molar refractivity (Wildman–Crippen MR) is 76.4 cm³/mol. The number of benzene rings is 1. The van der Waals surface area contributed by atoms with E-state index in [4.69, 9.17) is 9.47 Å². The van der Waals surface area contributed by atoms with Crippen LogP contribution in [0.1, 0.15) is 37.0 Å². The summed E-state index contributed by atoms with van der Waals surface area (Å²) in [7, 11) is 0. The molecule has 1 N–H and O–H groups in total. The average molecular weight is 275 g/mol. The molecule has 1 atom stereocenters. The first-order valence-corrected chi connectivity index (χ1v) is 7.41. The zero-order valence-corrected chi connectivity index (χ0v) is 12.1. The summed E-state index contributed by atoms with van der Waals surface area (Å²) in [6.07, 6.45) is 3.11. The van der Waals surface area contributed by atoms with Crippen LogP contribution in [0.5, 0.6) is 11.5 Å². The first-order chi connectivity index (χ1) is 9.69. The van der Waals surface area contributed by atoms with Crippen LogP contribution in [0.3, 0.4) is 0 Å². The van der Waals surface area contributed by atoms with Crippen molar-refractivity contribution >= 4 is 5.91 Å². The fourth-order valence-electron chi connectivity index (χ4n) is 2.86. The number of nitrogens with one attached hydrogen (secondary N) is 1. The maximum Gasteiger partial charge on any atom is 0.224 e. The van der Waals surface area contributed by atoms with Crippen LogP contribution in [-0.4, -0.2) is 25.2 Å². The van der Waals surface area contributed by atoms with Crippen molar-refractivity contribution in [1.82, 2.24) is 5.32 Å². The van der Waals surface area contributed by atoms with Gasteiger partial charge in [0.1, 0.15) is 11.5 Å². The summed E-state index contributed by atoms with van der Waals surface area (Å²) in [6.45, 7) is 5.51. The van der Waals surface area contributed by atoms with Crippen molar-refractivity contribution in [2.45, 2.75) is 45.6 Å². The molecule has 0 spiro atoms. The number of fused-ring (bicyclic) bond motifs is 2. The third kappa shape index (κ3) is 2.35. The fourth-order valence-corrected chi connectivity index (χ4v) is 2.86. The second-order valence-corrected chi connectivity index (χ2v) is 5.57. The second kappa shape index (κ2) is 5.35. The quantitative estimate of drug-likeness (QED) is 0.914. The summed E-state index contributed by atoms with van der Waals surface area (Å²) >= 11 is 0. The lowest BCUT2D eigenvalue weighted by Crippen LogP contribution is -2.33. The largest absolute Gasteiger partial charge is 0.493 e. The van der Waals surface area contributed by atoms with Crippen LogP contribution >= 0.6 is 0 Å². The van der Waals surface area contributed by atoms with Crippen molar-refractivity contribution in [2.75, 3.05) is 13.2 Å². The summed E-state index contributed by atoms with van der Waals surface area (Å²) < 4.78 is 11.4. The van der Waals surface area contributed by atoms with Gasteiger partial charge in [-0.15, -0.1) is 0 Å². The van der Waals surface area contributed by atoms with Gasteiger partial charge in [0.25, 0.3) is 0 Å². The Balaban J connectivity index is 1.87. The van der Waals surface area contributed by atoms with Crippen LogP contribution in [0.4, 0.5) is 0 Å². The van der Waals surface area contributed by atoms with Gasteiger partial charge in [0, 0.05) is 35.6 Å². The third-order valence-electron chi connectivity index (χ3n) is 4.12. The number of rotatable bonds is 4. The number of ether oxygens (including phenoxy) is 2. The molecule has 108 valence electrons. The van der Waals surface area contributed by atoms with E-state index in [9.17, 15) is 4.79 Å². The molecular formula is C16H21NO3. The lowest BCUT2D eigenvalue weighted by atomic mass is 9.97. The van der Waals surface area contributed by atoms with Gasteiger partial charge < -0.3 is 14.8 Å². The van der Waals surface area contributed by atoms with Crippen LogP contribution in [0.2, 0.25) is 0 Å². The minimum atomic E-state index is 0.0670. The summed E-state index contributed by atoms with van der Waals surface area (Å²) in [5, 5.41) is 3.03. The Kier molecular flexibility index (Phi) is 3.55. The van der Waals surface area contributed by atoms with E-state index in [0.717, 1.165) is 41.9 Å². The molecule has 2 heterocycles. The van der Waals surface area contributed by atoms with E-state index in [1.165, 1.54) is 5.56 Å². The Morgan fingerprint density at radius 2 is 2.15 bits per heavy atom. The third-order valence-corrected chi connectivity index (χ3v) is 4.12. The van der Waals surface area contributed by atoms with Gasteiger partial charge in [0.2, 0.25) is 5.91 Å². The topological polar surface area (TPSA) is 47.6 Å². The summed E-state index contributed by atoms with van der Waals surface area (Å²) in [6, 6.07) is 2.30. The highest BCUT2D eigenvalue weighted by Crippen LogP contribution is 2.40. The van der Waals surface area contributed by atoms with Gasteiger partial charge in [0.05, 0.1) is 19.6 Å². The standard InChI is InChI=1S/C16H21NO3/c1-3-10(2)17-15(18)9-13-12-5-7-19-14(12)8-11-4-6-20-16(11)13/h8,10H,3-7,9H2,1-2H3,(H,17,18). The molecule has 4 heteroatoms. The fraction of sp³-hybridized carbons (Fsp3) is 0.562. The highest BCUT2D eigenvalue weighted by atomic mass is 16.5. The first-order valence-electron chi connectivity index (χ1n) is 7.41. The molecule has 1 aromatic rings. The molecule has 4 nitrogen and oxygen atoms in total. The van der Waals surface area contributed by atoms with Crippen LogP contribution in [-0.2, 0) is 24.1 Å². The molecule has 2 aliphatic heterocycles. The molecule has 1 amide bonds. The zero-order valence-electron chi connectivity index (χ0n) is 12.1. The van der Waals surface area contributed by atoms with Crippen LogP contribution in [0.15, 0.2) is 6.07 Å². The van der Waals surface area contributed by atoms with Crippen molar-refractivity contribution in [3.63, 3.8) is 0 Å². The highest BCUT2D eigenvalue weighted by Gasteiger charge is 2.27. The van der Waals surface area contributed by atoms with Gasteiger partial charge in [-0.25, -0.2) is 0 Å². The number of carbonyl (C=O) groups is 1. The summed E-state index contributed by atoms with van der Waals surface area (Å²) in [5.41, 5.74) is 3.37. The van der Waals surface area contributed by atoms with Gasteiger partial charge in [-0.05, 0) is 19.4 Å². The first kappa shape index (κ1) is 13.3. The van der Waals surface area contributed by atoms with Crippen LogP contribution < -0.4 is 14.8 Å². The molecule has 0 bridgehead atoms. The molecule has 3 rings (SSSR count). The molecule has 0 saturated carbocycles. The molecule has 0 fully saturated rings. The second-order valence-electron chi connectivity index (χ2n) is 5.57. The molecule has 0 saturated heterocycles. The Hall–Kier alpha value is -1.71. The van der Waals surface area contributed by atoms with E-state index in [1.54, 1.807) is 0 Å². The van der Waals surface area contributed by atoms with Gasteiger partial charge in [-0.1, -0.05) is 6.92 Å². The minimum absolute atomic E-state index is 0.0670. The van der Waals surface area contributed by atoms with Crippen molar-refractivity contribution < 1.29 is 14.3 Å². The highest BCUT2D eigenvalue weighted by molar-refractivity contribution is 5.81. The minimum Gasteiger partial charge on any atom is -0.493 e. The maximum atomic E-state index is 12.2. The summed E-state index contributed by atoms with van der Waals surface area (Å²) in [5.74, 6) is 1.94. The monoisotopic (exact) mass is 275 g/mol. The Labute approximate surface area is 119 Å². The SMILES string of the molecule is CCC(C)NC(=O)Cc1c2c(cc3c1OCC3)OCC2. The van der Waals surface area contributed by atoms with E-state index >= 15 is 0 Å². The van der Waals surface area contributed by atoms with Crippen molar-refractivity contribution in [1.29, 1.82) is 0 Å². The van der Waals surface area contributed by atoms with Gasteiger partial charge in [-0.3, -0.25) is 4.79 Å². The Morgan fingerprint density at radius 3 is 2.95 bits per heavy atom. The molecule has 1 unspecified atom stereocenters. The normalized spacial score (nSPS) is 16.9. The van der Waals surface area contributed by atoms with Crippen molar-refractivity contribution in [2.24, 2.45) is 0 Å². The summed E-state index contributed by atoms with van der Waals surface area (Å²) in [4.78, 5) is 12.2. The molecule has 0 aromatic heterocycles. The molecular weight excluding hydrogens is 254 g/mol. The van der Waals surface area contributed by atoms with E-state index in [-0.39, 0.29) is 11.9 Å². The van der Waals surface area contributed by atoms with Gasteiger partial charge >= 0.3 is 0 Å². The molecule has 20 heavy (non-hydrogen) atoms. The molecule has 1 aromatic carbocycles. The van der Waals surface area contributed by atoms with E-state index in [0.29, 0.717) is 19.6 Å². The van der Waals surface area contributed by atoms with E-state index < -0.39 is 0 Å². The van der Waals surface area contributed by atoms with E-state index in [1.807, 2.05) is 6.92 Å². The van der Waals surface area contributed by atoms with Gasteiger partial charge in [0.15, 0.2) is 0 Å². The molecule has 2 aliphatic rings. The van der Waals surface area contributed by atoms with Crippen LogP contribution in [0, 0.1) is 0 Å². The van der Waals surface area contributed by atoms with Gasteiger partial charge in [-0.2, -0.15) is 0 Å². The maximum absolute atomic E-state index is 12.2. The number of hydrogen-bond donors (Lipinski definition) is 1. The van der Waals surface area contributed by atoms with Crippen LogP contribution in [0.25, 0.3) is 0 Å². The predicted octanol–water partition coefficient (Wildman–Crippen LogP) is 2.01. The van der Waals surface area contributed by atoms with Crippen molar-refractivity contribution in [3.05, 3.63) is 22.8 Å².